The summed E-state index contributed by atoms with van der Waals surface area (Å²) in [5, 5.41) is 5.80. The first-order valence-electron chi connectivity index (χ1n) is 5.55. The molecule has 1 amide bonds. The predicted molar refractivity (Wildman–Crippen MR) is 65.6 cm³/mol. The molecular weight excluding hydrogens is 202 g/mol. The van der Waals surface area contributed by atoms with Crippen LogP contribution >= 0.6 is 0 Å². The van der Waals surface area contributed by atoms with Crippen LogP contribution < -0.4 is 10.6 Å². The van der Waals surface area contributed by atoms with Gasteiger partial charge in [0.2, 0.25) is 0 Å². The van der Waals surface area contributed by atoms with Crippen molar-refractivity contribution < 1.29 is 4.79 Å². The molecule has 0 aliphatic heterocycles. The number of amides is 1. The van der Waals surface area contributed by atoms with Crippen LogP contribution in [-0.2, 0) is 0 Å². The molecule has 0 spiro atoms. The van der Waals surface area contributed by atoms with Gasteiger partial charge in [-0.3, -0.25) is 4.79 Å². The van der Waals surface area contributed by atoms with Crippen molar-refractivity contribution in [1.82, 2.24) is 10.3 Å². The Morgan fingerprint density at radius 2 is 2.19 bits per heavy atom. The molecule has 0 radical (unpaired) electrons. The number of nitrogens with zero attached hydrogens (tertiary/aromatic N) is 1. The Hall–Kier alpha value is -1.58. The van der Waals surface area contributed by atoms with Gasteiger partial charge in [-0.1, -0.05) is 13.8 Å². The standard InChI is InChI=1S/C12H19N3O/c1-9(2)6-7-14-12(16)11-5-4-10(13-3)8-15-11/h4-5,8-9,13H,6-7H2,1-3H3,(H,14,16). The molecule has 16 heavy (non-hydrogen) atoms. The Labute approximate surface area is 96.5 Å². The van der Waals surface area contributed by atoms with Gasteiger partial charge >= 0.3 is 0 Å². The quantitative estimate of drug-likeness (QED) is 0.798. The largest absolute Gasteiger partial charge is 0.387 e. The van der Waals surface area contributed by atoms with Crippen LogP contribution in [0.1, 0.15) is 30.8 Å². The minimum atomic E-state index is -0.108. The van der Waals surface area contributed by atoms with Crippen molar-refractivity contribution in [2.75, 3.05) is 18.9 Å². The summed E-state index contributed by atoms with van der Waals surface area (Å²) >= 11 is 0. The van der Waals surface area contributed by atoms with Gasteiger partial charge in [-0.25, -0.2) is 4.98 Å². The van der Waals surface area contributed by atoms with Crippen molar-refractivity contribution in [2.24, 2.45) is 5.92 Å². The van der Waals surface area contributed by atoms with Crippen molar-refractivity contribution in [3.8, 4) is 0 Å². The van der Waals surface area contributed by atoms with E-state index in [4.69, 9.17) is 0 Å². The topological polar surface area (TPSA) is 54.0 Å². The van der Waals surface area contributed by atoms with E-state index in [1.807, 2.05) is 13.1 Å². The highest BCUT2D eigenvalue weighted by molar-refractivity contribution is 5.92. The number of anilines is 1. The van der Waals surface area contributed by atoms with Crippen LogP contribution in [-0.4, -0.2) is 24.5 Å². The van der Waals surface area contributed by atoms with Gasteiger partial charge in [0.25, 0.3) is 5.91 Å². The normalized spacial score (nSPS) is 10.2. The van der Waals surface area contributed by atoms with E-state index >= 15 is 0 Å². The van der Waals surface area contributed by atoms with Gasteiger partial charge in [-0.05, 0) is 24.5 Å². The molecule has 0 unspecified atom stereocenters. The maximum atomic E-state index is 11.6. The van der Waals surface area contributed by atoms with E-state index in [2.05, 4.69) is 29.5 Å². The summed E-state index contributed by atoms with van der Waals surface area (Å²) < 4.78 is 0. The minimum absolute atomic E-state index is 0.108. The number of rotatable bonds is 5. The molecule has 0 fully saturated rings. The average Bonchev–Trinajstić information content (AvgIpc) is 2.28. The van der Waals surface area contributed by atoms with E-state index in [1.165, 1.54) is 0 Å². The highest BCUT2D eigenvalue weighted by atomic mass is 16.1. The molecule has 0 aliphatic rings. The molecule has 1 heterocycles. The zero-order valence-electron chi connectivity index (χ0n) is 10.1. The third-order valence-corrected chi connectivity index (χ3v) is 2.29. The fraction of sp³-hybridized carbons (Fsp3) is 0.500. The summed E-state index contributed by atoms with van der Waals surface area (Å²) in [5.41, 5.74) is 1.36. The number of carbonyl (C=O) groups is 1. The van der Waals surface area contributed by atoms with Gasteiger partial charge in [0, 0.05) is 13.6 Å². The van der Waals surface area contributed by atoms with Crippen LogP contribution in [0, 0.1) is 5.92 Å². The average molecular weight is 221 g/mol. The maximum Gasteiger partial charge on any atom is 0.269 e. The summed E-state index contributed by atoms with van der Waals surface area (Å²) in [4.78, 5) is 15.7. The lowest BCUT2D eigenvalue weighted by Crippen LogP contribution is -2.26. The molecule has 4 nitrogen and oxygen atoms in total. The number of carbonyl (C=O) groups excluding carboxylic acids is 1. The molecule has 4 heteroatoms. The van der Waals surface area contributed by atoms with Crippen molar-refractivity contribution >= 4 is 11.6 Å². The van der Waals surface area contributed by atoms with Crippen LogP contribution in [0.3, 0.4) is 0 Å². The third-order valence-electron chi connectivity index (χ3n) is 2.29. The van der Waals surface area contributed by atoms with Crippen molar-refractivity contribution in [3.05, 3.63) is 24.0 Å². The smallest absolute Gasteiger partial charge is 0.269 e. The highest BCUT2D eigenvalue weighted by Gasteiger charge is 2.06. The van der Waals surface area contributed by atoms with E-state index in [-0.39, 0.29) is 5.91 Å². The molecule has 2 N–H and O–H groups in total. The summed E-state index contributed by atoms with van der Waals surface area (Å²) in [7, 11) is 1.82. The summed E-state index contributed by atoms with van der Waals surface area (Å²) in [5.74, 6) is 0.489. The molecule has 1 aromatic heterocycles. The Morgan fingerprint density at radius 1 is 1.44 bits per heavy atom. The Balaban J connectivity index is 2.46. The third kappa shape index (κ3) is 3.88. The van der Waals surface area contributed by atoms with Gasteiger partial charge < -0.3 is 10.6 Å². The lowest BCUT2D eigenvalue weighted by Gasteiger charge is -2.07. The molecule has 0 bridgehead atoms. The number of pyridine rings is 1. The first kappa shape index (κ1) is 12.5. The van der Waals surface area contributed by atoms with Crippen LogP contribution in [0.2, 0.25) is 0 Å². The van der Waals surface area contributed by atoms with E-state index in [9.17, 15) is 4.79 Å². The van der Waals surface area contributed by atoms with Gasteiger partial charge in [-0.2, -0.15) is 0 Å². The van der Waals surface area contributed by atoms with E-state index < -0.39 is 0 Å². The molecule has 1 rings (SSSR count). The van der Waals surface area contributed by atoms with E-state index in [0.29, 0.717) is 18.2 Å². The Kier molecular flexibility index (Phi) is 4.76. The van der Waals surface area contributed by atoms with E-state index in [0.717, 1.165) is 12.1 Å². The Morgan fingerprint density at radius 3 is 2.69 bits per heavy atom. The van der Waals surface area contributed by atoms with E-state index in [1.54, 1.807) is 12.3 Å². The summed E-state index contributed by atoms with van der Waals surface area (Å²) in [6.07, 6.45) is 2.64. The van der Waals surface area contributed by atoms with Gasteiger partial charge in [-0.15, -0.1) is 0 Å². The molecule has 0 aliphatic carbocycles. The summed E-state index contributed by atoms with van der Waals surface area (Å²) in [6.45, 7) is 4.96. The molecule has 0 aromatic carbocycles. The van der Waals surface area contributed by atoms with Crippen LogP contribution in [0.5, 0.6) is 0 Å². The van der Waals surface area contributed by atoms with Gasteiger partial charge in [0.15, 0.2) is 0 Å². The maximum absolute atomic E-state index is 11.6. The summed E-state index contributed by atoms with van der Waals surface area (Å²) in [6, 6.07) is 3.56. The molecule has 0 saturated carbocycles. The van der Waals surface area contributed by atoms with Crippen LogP contribution in [0.4, 0.5) is 5.69 Å². The molecule has 88 valence electrons. The van der Waals surface area contributed by atoms with Crippen molar-refractivity contribution in [1.29, 1.82) is 0 Å². The SMILES string of the molecule is CNc1ccc(C(=O)NCCC(C)C)nc1. The predicted octanol–water partition coefficient (Wildman–Crippen LogP) is 1.90. The van der Waals surface area contributed by atoms with Gasteiger partial charge in [0.05, 0.1) is 11.9 Å². The second-order valence-electron chi connectivity index (χ2n) is 4.12. The molecule has 0 atom stereocenters. The van der Waals surface area contributed by atoms with Crippen molar-refractivity contribution in [2.45, 2.75) is 20.3 Å². The second-order valence-corrected chi connectivity index (χ2v) is 4.12. The van der Waals surface area contributed by atoms with Crippen molar-refractivity contribution in [3.63, 3.8) is 0 Å². The fourth-order valence-corrected chi connectivity index (χ4v) is 1.24. The number of nitrogens with one attached hydrogen (secondary N) is 2. The highest BCUT2D eigenvalue weighted by Crippen LogP contribution is 2.04. The number of hydrogen-bond donors (Lipinski definition) is 2. The minimum Gasteiger partial charge on any atom is -0.387 e. The first-order chi connectivity index (χ1) is 7.63. The molecular formula is C12H19N3O. The zero-order chi connectivity index (χ0) is 12.0. The zero-order valence-corrected chi connectivity index (χ0v) is 10.1. The molecule has 0 saturated heterocycles. The van der Waals surface area contributed by atoms with Crippen LogP contribution in [0.15, 0.2) is 18.3 Å². The second kappa shape index (κ2) is 6.10. The lowest BCUT2D eigenvalue weighted by atomic mass is 10.1. The van der Waals surface area contributed by atoms with Crippen LogP contribution in [0.25, 0.3) is 0 Å². The number of hydrogen-bond acceptors (Lipinski definition) is 3. The first-order valence-corrected chi connectivity index (χ1v) is 5.55. The lowest BCUT2D eigenvalue weighted by molar-refractivity contribution is 0.0947. The Bertz CT molecular complexity index is 333. The monoisotopic (exact) mass is 221 g/mol. The fourth-order valence-electron chi connectivity index (χ4n) is 1.24. The number of aromatic nitrogens is 1. The van der Waals surface area contributed by atoms with Gasteiger partial charge in [0.1, 0.15) is 5.69 Å². The molecule has 1 aromatic rings.